The van der Waals surface area contributed by atoms with Gasteiger partial charge in [0.2, 0.25) is 0 Å². The fraction of sp³-hybridized carbons (Fsp3) is 0.500. The van der Waals surface area contributed by atoms with Gasteiger partial charge in [-0.3, -0.25) is 4.90 Å². The van der Waals surface area contributed by atoms with Gasteiger partial charge < -0.3 is 10.0 Å². The van der Waals surface area contributed by atoms with Crippen LogP contribution in [0.3, 0.4) is 0 Å². The van der Waals surface area contributed by atoms with Gasteiger partial charge in [0, 0.05) is 25.7 Å². The number of hydrogen-bond acceptors (Lipinski definition) is 5. The van der Waals surface area contributed by atoms with Crippen molar-refractivity contribution in [2.45, 2.75) is 12.6 Å². The summed E-state index contributed by atoms with van der Waals surface area (Å²) in [6.45, 7) is 3.76. The van der Waals surface area contributed by atoms with Crippen LogP contribution in [0, 0.1) is 0 Å². The Labute approximate surface area is 122 Å². The van der Waals surface area contributed by atoms with Crippen molar-refractivity contribution in [2.24, 2.45) is 0 Å². The third-order valence-corrected chi connectivity index (χ3v) is 4.12. The average molecular weight is 289 g/mol. The van der Waals surface area contributed by atoms with E-state index in [-0.39, 0.29) is 5.56 Å². The maximum absolute atomic E-state index is 11.1. The van der Waals surface area contributed by atoms with Gasteiger partial charge in [-0.25, -0.2) is 9.48 Å². The fourth-order valence-corrected chi connectivity index (χ4v) is 2.73. The zero-order valence-electron chi connectivity index (χ0n) is 12.2. The molecule has 7 nitrogen and oxygen atoms in total. The summed E-state index contributed by atoms with van der Waals surface area (Å²) >= 11 is 0. The molecule has 1 aliphatic heterocycles. The summed E-state index contributed by atoms with van der Waals surface area (Å²) in [5.41, 5.74) is 1.77. The lowest BCUT2D eigenvalue weighted by Crippen LogP contribution is -2.51. The van der Waals surface area contributed by atoms with E-state index in [0.29, 0.717) is 12.6 Å². The van der Waals surface area contributed by atoms with Crippen molar-refractivity contribution < 1.29 is 9.90 Å². The highest BCUT2D eigenvalue weighted by Crippen LogP contribution is 2.16. The van der Waals surface area contributed by atoms with Crippen LogP contribution in [0.1, 0.15) is 10.4 Å². The van der Waals surface area contributed by atoms with Gasteiger partial charge in [0.15, 0.2) is 0 Å². The van der Waals surface area contributed by atoms with Crippen molar-refractivity contribution in [3.8, 4) is 0 Å². The Kier molecular flexibility index (Phi) is 3.60. The molecule has 0 bridgehead atoms. The van der Waals surface area contributed by atoms with Gasteiger partial charge in [-0.15, -0.1) is 5.10 Å². The lowest BCUT2D eigenvalue weighted by Gasteiger charge is -2.37. The molecule has 1 atom stereocenters. The van der Waals surface area contributed by atoms with E-state index in [1.807, 2.05) is 4.68 Å². The van der Waals surface area contributed by atoms with Crippen LogP contribution >= 0.6 is 0 Å². The van der Waals surface area contributed by atoms with E-state index < -0.39 is 5.97 Å². The first-order chi connectivity index (χ1) is 10.0. The molecule has 2 heterocycles. The van der Waals surface area contributed by atoms with Crippen molar-refractivity contribution in [1.29, 1.82) is 0 Å². The minimum atomic E-state index is -0.931. The number of carboxylic acids is 1. The molecule has 3 rings (SSSR count). The summed E-state index contributed by atoms with van der Waals surface area (Å²) in [5, 5.41) is 17.4. The number of benzene rings is 1. The maximum Gasteiger partial charge on any atom is 0.335 e. The smallest absolute Gasteiger partial charge is 0.335 e. The normalized spacial score (nSPS) is 21.0. The third kappa shape index (κ3) is 2.74. The molecule has 0 aliphatic carbocycles. The fourth-order valence-electron chi connectivity index (χ4n) is 2.73. The summed E-state index contributed by atoms with van der Waals surface area (Å²) in [5.74, 6) is -0.931. The second-order valence-electron chi connectivity index (χ2n) is 5.68. The number of aromatic nitrogens is 3. The Balaban J connectivity index is 1.89. The second-order valence-corrected chi connectivity index (χ2v) is 5.68. The van der Waals surface area contributed by atoms with Gasteiger partial charge in [0.1, 0.15) is 5.52 Å². The number of piperazine rings is 1. The van der Waals surface area contributed by atoms with Gasteiger partial charge in [0.05, 0.1) is 17.6 Å². The predicted molar refractivity (Wildman–Crippen MR) is 78.4 cm³/mol. The number of fused-ring (bicyclic) bond motifs is 1. The van der Waals surface area contributed by atoms with Crippen LogP contribution in [0.4, 0.5) is 0 Å². The lowest BCUT2D eigenvalue weighted by molar-refractivity contribution is 0.0697. The topological polar surface area (TPSA) is 74.5 Å². The van der Waals surface area contributed by atoms with E-state index in [1.165, 1.54) is 0 Å². The lowest BCUT2D eigenvalue weighted by atomic mass is 10.1. The summed E-state index contributed by atoms with van der Waals surface area (Å²) in [4.78, 5) is 15.7. The highest BCUT2D eigenvalue weighted by atomic mass is 16.4. The Hall–Kier alpha value is -1.99. The molecule has 1 aromatic heterocycles. The van der Waals surface area contributed by atoms with Crippen LogP contribution in [0.25, 0.3) is 11.0 Å². The molecule has 0 saturated carbocycles. The molecule has 1 aliphatic rings. The van der Waals surface area contributed by atoms with Crippen LogP contribution < -0.4 is 0 Å². The highest BCUT2D eigenvalue weighted by Gasteiger charge is 2.23. The largest absolute Gasteiger partial charge is 0.478 e. The summed E-state index contributed by atoms with van der Waals surface area (Å²) in [6, 6.07) is 5.26. The van der Waals surface area contributed by atoms with Gasteiger partial charge in [-0.2, -0.15) is 0 Å². The molecule has 2 aromatic rings. The maximum atomic E-state index is 11.1. The molecule has 0 amide bonds. The minimum Gasteiger partial charge on any atom is -0.478 e. The predicted octanol–water partition coefficient (Wildman–Crippen LogP) is 0.375. The molecule has 1 saturated heterocycles. The first-order valence-corrected chi connectivity index (χ1v) is 7.00. The van der Waals surface area contributed by atoms with Crippen LogP contribution in [0.15, 0.2) is 18.2 Å². The molecular formula is C14H19N5O2. The van der Waals surface area contributed by atoms with E-state index >= 15 is 0 Å². The highest BCUT2D eigenvalue weighted by molar-refractivity contribution is 5.92. The zero-order chi connectivity index (χ0) is 15.0. The van der Waals surface area contributed by atoms with Crippen LogP contribution in [0.5, 0.6) is 0 Å². The van der Waals surface area contributed by atoms with Crippen molar-refractivity contribution in [2.75, 3.05) is 33.7 Å². The van der Waals surface area contributed by atoms with Gasteiger partial charge >= 0.3 is 5.97 Å². The number of likely N-dealkylation sites (N-methyl/N-ethyl adjacent to an activating group) is 2. The van der Waals surface area contributed by atoms with Crippen molar-refractivity contribution in [3.05, 3.63) is 23.8 Å². The molecule has 7 heteroatoms. The standard InChI is InChI=1S/C14H19N5O2/c1-17-5-6-18(2)11(8-17)9-19-13-7-10(14(20)21)3-4-12(13)15-16-19/h3-4,7,11H,5-6,8-9H2,1-2H3,(H,20,21). The number of hydrogen-bond donors (Lipinski definition) is 1. The number of nitrogens with zero attached hydrogens (tertiary/aromatic N) is 5. The monoisotopic (exact) mass is 289 g/mol. The summed E-state index contributed by atoms with van der Waals surface area (Å²) in [7, 11) is 4.22. The summed E-state index contributed by atoms with van der Waals surface area (Å²) in [6.07, 6.45) is 0. The average Bonchev–Trinajstić information content (AvgIpc) is 2.85. The molecule has 21 heavy (non-hydrogen) atoms. The first kappa shape index (κ1) is 14.0. The third-order valence-electron chi connectivity index (χ3n) is 4.12. The Morgan fingerprint density at radius 1 is 1.38 bits per heavy atom. The molecular weight excluding hydrogens is 270 g/mol. The number of aromatic carboxylic acids is 1. The zero-order valence-corrected chi connectivity index (χ0v) is 12.2. The van der Waals surface area contributed by atoms with Gasteiger partial charge in [-0.05, 0) is 32.3 Å². The Morgan fingerprint density at radius 2 is 2.19 bits per heavy atom. The van der Waals surface area contributed by atoms with Gasteiger partial charge in [0.25, 0.3) is 0 Å². The molecule has 0 spiro atoms. The second kappa shape index (κ2) is 5.42. The number of carboxylic acid groups (broad SMARTS) is 1. The first-order valence-electron chi connectivity index (χ1n) is 7.00. The van der Waals surface area contributed by atoms with E-state index in [2.05, 4.69) is 34.2 Å². The van der Waals surface area contributed by atoms with Crippen molar-refractivity contribution in [3.63, 3.8) is 0 Å². The molecule has 1 N–H and O–H groups in total. The van der Waals surface area contributed by atoms with E-state index in [9.17, 15) is 4.79 Å². The number of rotatable bonds is 3. The van der Waals surface area contributed by atoms with E-state index in [4.69, 9.17) is 5.11 Å². The Morgan fingerprint density at radius 3 is 2.95 bits per heavy atom. The number of carbonyl (C=O) groups is 1. The molecule has 0 radical (unpaired) electrons. The van der Waals surface area contributed by atoms with Gasteiger partial charge in [-0.1, -0.05) is 5.21 Å². The summed E-state index contributed by atoms with van der Waals surface area (Å²) < 4.78 is 1.81. The minimum absolute atomic E-state index is 0.264. The van der Waals surface area contributed by atoms with Crippen molar-refractivity contribution in [1.82, 2.24) is 24.8 Å². The van der Waals surface area contributed by atoms with Crippen LogP contribution in [0.2, 0.25) is 0 Å². The molecule has 112 valence electrons. The quantitative estimate of drug-likeness (QED) is 0.880. The van der Waals surface area contributed by atoms with Crippen molar-refractivity contribution >= 4 is 17.0 Å². The SMILES string of the molecule is CN1CCN(C)C(Cn2nnc3ccc(C(=O)O)cc32)C1. The molecule has 1 unspecified atom stereocenters. The molecule has 1 fully saturated rings. The van der Waals surface area contributed by atoms with Crippen LogP contribution in [-0.2, 0) is 6.54 Å². The van der Waals surface area contributed by atoms with Crippen LogP contribution in [-0.4, -0.2) is 75.6 Å². The molecule has 1 aromatic carbocycles. The van der Waals surface area contributed by atoms with E-state index in [1.54, 1.807) is 18.2 Å². The van der Waals surface area contributed by atoms with E-state index in [0.717, 1.165) is 30.7 Å². The Bertz CT molecular complexity index is 668.